The van der Waals surface area contributed by atoms with Gasteiger partial charge in [-0.15, -0.1) is 0 Å². The number of piperidine rings is 1. The minimum absolute atomic E-state index is 0.713. The van der Waals surface area contributed by atoms with Crippen molar-refractivity contribution in [1.82, 2.24) is 9.80 Å². The maximum Gasteiger partial charge on any atom is 0.0225 e. The number of likely N-dealkylation sites (tertiary alicyclic amines) is 1. The molecule has 0 aromatic carbocycles. The van der Waals surface area contributed by atoms with Gasteiger partial charge >= 0.3 is 0 Å². The fraction of sp³-hybridized carbons (Fsp3) is 1.00. The molecule has 1 saturated heterocycles. The Labute approximate surface area is 89.3 Å². The van der Waals surface area contributed by atoms with E-state index < -0.39 is 0 Å². The molecule has 14 heavy (non-hydrogen) atoms. The first kappa shape index (κ1) is 12.0. The Kier molecular flexibility index (Phi) is 4.90. The smallest absolute Gasteiger partial charge is 0.0225 e. The third-order valence-corrected chi connectivity index (χ3v) is 3.40. The first-order chi connectivity index (χ1) is 6.65. The predicted molar refractivity (Wildman–Crippen MR) is 62.7 cm³/mol. The lowest BCUT2D eigenvalue weighted by atomic mass is 10.00. The van der Waals surface area contributed by atoms with Gasteiger partial charge in [0.05, 0.1) is 0 Å². The zero-order valence-corrected chi connectivity index (χ0v) is 10.3. The first-order valence-corrected chi connectivity index (χ1v) is 6.09. The van der Waals surface area contributed by atoms with Gasteiger partial charge in [-0.05, 0) is 46.8 Å². The van der Waals surface area contributed by atoms with Crippen LogP contribution in [0.15, 0.2) is 0 Å². The van der Waals surface area contributed by atoms with Gasteiger partial charge in [-0.25, -0.2) is 0 Å². The van der Waals surface area contributed by atoms with Gasteiger partial charge in [0.1, 0.15) is 0 Å². The van der Waals surface area contributed by atoms with Crippen LogP contribution in [0.4, 0.5) is 0 Å². The fourth-order valence-corrected chi connectivity index (χ4v) is 2.39. The normalized spacial score (nSPS) is 24.9. The number of nitrogens with zero attached hydrogens (tertiary/aromatic N) is 2. The lowest BCUT2D eigenvalue weighted by molar-refractivity contribution is 0.0865. The molecular weight excluding hydrogens is 172 g/mol. The Morgan fingerprint density at radius 2 is 2.07 bits per heavy atom. The van der Waals surface area contributed by atoms with Crippen LogP contribution in [-0.4, -0.2) is 48.6 Å². The zero-order valence-electron chi connectivity index (χ0n) is 10.3. The first-order valence-electron chi connectivity index (χ1n) is 6.09. The van der Waals surface area contributed by atoms with Gasteiger partial charge < -0.3 is 4.90 Å². The lowest BCUT2D eigenvalue weighted by Gasteiger charge is -2.40. The number of rotatable bonds is 4. The van der Waals surface area contributed by atoms with Crippen LogP contribution in [0, 0.1) is 0 Å². The van der Waals surface area contributed by atoms with Crippen molar-refractivity contribution in [2.75, 3.05) is 26.7 Å². The molecule has 1 atom stereocenters. The lowest BCUT2D eigenvalue weighted by Crippen LogP contribution is -2.48. The summed E-state index contributed by atoms with van der Waals surface area (Å²) in [4.78, 5) is 5.11. The van der Waals surface area contributed by atoms with Gasteiger partial charge in [-0.2, -0.15) is 0 Å². The highest BCUT2D eigenvalue weighted by Gasteiger charge is 2.24. The van der Waals surface area contributed by atoms with Crippen molar-refractivity contribution in [2.24, 2.45) is 0 Å². The summed E-state index contributed by atoms with van der Waals surface area (Å²) in [5.41, 5.74) is 0. The summed E-state index contributed by atoms with van der Waals surface area (Å²) < 4.78 is 0. The summed E-state index contributed by atoms with van der Waals surface area (Å²) in [6, 6.07) is 1.51. The van der Waals surface area contributed by atoms with Crippen molar-refractivity contribution in [1.29, 1.82) is 0 Å². The van der Waals surface area contributed by atoms with E-state index in [0.717, 1.165) is 6.04 Å². The molecule has 1 heterocycles. The molecule has 84 valence electrons. The molecule has 0 aliphatic carbocycles. The van der Waals surface area contributed by atoms with Crippen molar-refractivity contribution in [2.45, 2.75) is 52.1 Å². The zero-order chi connectivity index (χ0) is 10.6. The summed E-state index contributed by atoms with van der Waals surface area (Å²) in [6.07, 6.45) is 4.21. The summed E-state index contributed by atoms with van der Waals surface area (Å²) in [5, 5.41) is 0. The monoisotopic (exact) mass is 198 g/mol. The number of likely N-dealkylation sites (N-methyl/N-ethyl adjacent to an activating group) is 1. The van der Waals surface area contributed by atoms with Crippen molar-refractivity contribution >= 4 is 0 Å². The van der Waals surface area contributed by atoms with Crippen molar-refractivity contribution in [3.63, 3.8) is 0 Å². The quantitative estimate of drug-likeness (QED) is 0.683. The van der Waals surface area contributed by atoms with E-state index in [4.69, 9.17) is 0 Å². The van der Waals surface area contributed by atoms with Crippen LogP contribution in [0.1, 0.15) is 40.0 Å². The molecule has 0 radical (unpaired) electrons. The van der Waals surface area contributed by atoms with E-state index in [1.54, 1.807) is 0 Å². The van der Waals surface area contributed by atoms with E-state index in [1.807, 2.05) is 0 Å². The third kappa shape index (κ3) is 3.25. The Balaban J connectivity index is 2.45. The topological polar surface area (TPSA) is 6.48 Å². The SMILES string of the molecule is CCN(C)CC1CCCCN1C(C)C. The average molecular weight is 198 g/mol. The summed E-state index contributed by atoms with van der Waals surface area (Å²) in [5.74, 6) is 0. The summed E-state index contributed by atoms with van der Waals surface area (Å²) in [7, 11) is 2.23. The maximum atomic E-state index is 2.68. The van der Waals surface area contributed by atoms with Gasteiger partial charge in [0, 0.05) is 18.6 Å². The molecule has 1 aliphatic heterocycles. The molecule has 0 bridgehead atoms. The molecule has 1 rings (SSSR count). The molecular formula is C12H26N2. The van der Waals surface area contributed by atoms with E-state index in [1.165, 1.54) is 38.9 Å². The van der Waals surface area contributed by atoms with E-state index in [2.05, 4.69) is 37.6 Å². The Morgan fingerprint density at radius 1 is 1.36 bits per heavy atom. The highest BCUT2D eigenvalue weighted by atomic mass is 15.2. The minimum atomic E-state index is 0.713. The molecule has 0 aromatic heterocycles. The van der Waals surface area contributed by atoms with Gasteiger partial charge in [-0.3, -0.25) is 4.90 Å². The van der Waals surface area contributed by atoms with Gasteiger partial charge in [0.2, 0.25) is 0 Å². The van der Waals surface area contributed by atoms with Gasteiger partial charge in [-0.1, -0.05) is 13.3 Å². The van der Waals surface area contributed by atoms with Crippen LogP contribution in [-0.2, 0) is 0 Å². The van der Waals surface area contributed by atoms with Gasteiger partial charge in [0.15, 0.2) is 0 Å². The molecule has 0 amide bonds. The molecule has 2 heteroatoms. The van der Waals surface area contributed by atoms with E-state index in [9.17, 15) is 0 Å². The third-order valence-electron chi connectivity index (χ3n) is 3.40. The van der Waals surface area contributed by atoms with Gasteiger partial charge in [0.25, 0.3) is 0 Å². The summed E-state index contributed by atoms with van der Waals surface area (Å²) in [6.45, 7) is 10.6. The standard InChI is InChI=1S/C12H26N2/c1-5-13(4)10-12-8-6-7-9-14(12)11(2)3/h11-12H,5-10H2,1-4H3. The van der Waals surface area contributed by atoms with Crippen LogP contribution < -0.4 is 0 Å². The van der Waals surface area contributed by atoms with Crippen LogP contribution in [0.3, 0.4) is 0 Å². The number of hydrogen-bond donors (Lipinski definition) is 0. The maximum absolute atomic E-state index is 2.68. The molecule has 0 N–H and O–H groups in total. The van der Waals surface area contributed by atoms with Crippen LogP contribution in [0.5, 0.6) is 0 Å². The molecule has 0 spiro atoms. The Bertz CT molecular complexity index is 156. The van der Waals surface area contributed by atoms with E-state index in [-0.39, 0.29) is 0 Å². The van der Waals surface area contributed by atoms with Crippen molar-refractivity contribution in [3.8, 4) is 0 Å². The molecule has 1 unspecified atom stereocenters. The molecule has 2 nitrogen and oxygen atoms in total. The minimum Gasteiger partial charge on any atom is -0.305 e. The second-order valence-corrected chi connectivity index (χ2v) is 4.84. The van der Waals surface area contributed by atoms with Crippen LogP contribution >= 0.6 is 0 Å². The fourth-order valence-electron chi connectivity index (χ4n) is 2.39. The molecule has 1 fully saturated rings. The second-order valence-electron chi connectivity index (χ2n) is 4.84. The van der Waals surface area contributed by atoms with E-state index in [0.29, 0.717) is 6.04 Å². The molecule has 1 aliphatic rings. The molecule has 0 aromatic rings. The second kappa shape index (κ2) is 5.72. The number of hydrogen-bond acceptors (Lipinski definition) is 2. The average Bonchev–Trinajstić information content (AvgIpc) is 2.18. The van der Waals surface area contributed by atoms with Crippen LogP contribution in [0.25, 0.3) is 0 Å². The van der Waals surface area contributed by atoms with E-state index >= 15 is 0 Å². The molecule has 0 saturated carbocycles. The van der Waals surface area contributed by atoms with Crippen molar-refractivity contribution < 1.29 is 0 Å². The Morgan fingerprint density at radius 3 is 2.64 bits per heavy atom. The predicted octanol–water partition coefficient (Wildman–Crippen LogP) is 2.20. The summed E-state index contributed by atoms with van der Waals surface area (Å²) >= 11 is 0. The Hall–Kier alpha value is -0.0800. The highest BCUT2D eigenvalue weighted by Crippen LogP contribution is 2.19. The largest absolute Gasteiger partial charge is 0.305 e. The van der Waals surface area contributed by atoms with Crippen molar-refractivity contribution in [3.05, 3.63) is 0 Å². The van der Waals surface area contributed by atoms with Crippen LogP contribution in [0.2, 0.25) is 0 Å². The highest BCUT2D eigenvalue weighted by molar-refractivity contribution is 4.81.